The zero-order valence-corrected chi connectivity index (χ0v) is 15.8. The van der Waals surface area contributed by atoms with Gasteiger partial charge in [-0.25, -0.2) is 8.42 Å². The molecular formula is C18H22ClN2O4S+. The van der Waals surface area contributed by atoms with Gasteiger partial charge in [0.1, 0.15) is 6.04 Å². The third-order valence-corrected chi connectivity index (χ3v) is 5.67. The first-order chi connectivity index (χ1) is 12.3. The molecule has 0 fully saturated rings. The number of benzene rings is 2. The van der Waals surface area contributed by atoms with Crippen LogP contribution in [0.25, 0.3) is 11.1 Å². The van der Waals surface area contributed by atoms with Gasteiger partial charge in [0.15, 0.2) is 0 Å². The van der Waals surface area contributed by atoms with E-state index in [1.54, 1.807) is 24.3 Å². The minimum Gasteiger partial charge on any atom is -0.480 e. The summed E-state index contributed by atoms with van der Waals surface area (Å²) in [6.45, 7) is 0.686. The maximum Gasteiger partial charge on any atom is 0.321 e. The molecule has 2 aromatic rings. The summed E-state index contributed by atoms with van der Waals surface area (Å²) in [7, 11) is -3.91. The van der Waals surface area contributed by atoms with Crippen LogP contribution in [0.3, 0.4) is 0 Å². The SMILES string of the molecule is [NH3+]CCCCC(NS(=O)(=O)c1ccc(-c2ccc(Cl)cc2)cc1)C(=O)O. The number of rotatable bonds is 9. The van der Waals surface area contributed by atoms with Crippen molar-refractivity contribution < 1.29 is 24.1 Å². The number of hydrogen-bond donors (Lipinski definition) is 3. The number of aliphatic carboxylic acids is 1. The van der Waals surface area contributed by atoms with Crippen LogP contribution >= 0.6 is 11.6 Å². The fraction of sp³-hybridized carbons (Fsp3) is 0.278. The van der Waals surface area contributed by atoms with Crippen molar-refractivity contribution in [2.45, 2.75) is 30.2 Å². The van der Waals surface area contributed by atoms with E-state index in [4.69, 9.17) is 11.6 Å². The number of carboxylic acids is 1. The molecule has 5 N–H and O–H groups in total. The highest BCUT2D eigenvalue weighted by Crippen LogP contribution is 2.23. The van der Waals surface area contributed by atoms with Crippen LogP contribution in [-0.2, 0) is 14.8 Å². The maximum atomic E-state index is 12.5. The normalized spacial score (nSPS) is 12.7. The van der Waals surface area contributed by atoms with E-state index >= 15 is 0 Å². The van der Waals surface area contributed by atoms with E-state index in [9.17, 15) is 18.3 Å². The molecule has 0 radical (unpaired) electrons. The topological polar surface area (TPSA) is 111 Å². The highest BCUT2D eigenvalue weighted by atomic mass is 35.5. The molecule has 0 aliphatic carbocycles. The molecule has 0 saturated carbocycles. The summed E-state index contributed by atoms with van der Waals surface area (Å²) in [5.41, 5.74) is 5.44. The van der Waals surface area contributed by atoms with Crippen molar-refractivity contribution in [3.05, 3.63) is 53.6 Å². The number of halogens is 1. The molecule has 0 aliphatic heterocycles. The van der Waals surface area contributed by atoms with E-state index < -0.39 is 22.0 Å². The molecule has 0 saturated heterocycles. The van der Waals surface area contributed by atoms with Gasteiger partial charge in [-0.05, 0) is 54.7 Å². The number of unbranched alkanes of at least 4 members (excludes halogenated alkanes) is 1. The molecule has 0 spiro atoms. The van der Waals surface area contributed by atoms with Gasteiger partial charge in [-0.3, -0.25) is 4.79 Å². The Kier molecular flexibility index (Phi) is 7.16. The fourth-order valence-corrected chi connectivity index (χ4v) is 3.83. The Morgan fingerprint density at radius 1 is 1.04 bits per heavy atom. The van der Waals surface area contributed by atoms with Crippen LogP contribution in [0.2, 0.25) is 5.02 Å². The minimum atomic E-state index is -3.91. The van der Waals surface area contributed by atoms with Gasteiger partial charge in [0.05, 0.1) is 11.4 Å². The van der Waals surface area contributed by atoms with Crippen molar-refractivity contribution in [1.82, 2.24) is 4.72 Å². The standard InChI is InChI=1S/C18H21ClN2O4S/c19-15-8-4-13(5-9-15)14-6-10-16(11-7-14)26(24,25)21-17(18(22)23)3-1-2-12-20/h4-11,17,21H,1-3,12,20H2,(H,22,23)/p+1. The van der Waals surface area contributed by atoms with Crippen LogP contribution in [0.1, 0.15) is 19.3 Å². The first-order valence-corrected chi connectivity index (χ1v) is 10.1. The summed E-state index contributed by atoms with van der Waals surface area (Å²) in [6, 6.07) is 12.3. The molecule has 140 valence electrons. The Morgan fingerprint density at radius 2 is 1.58 bits per heavy atom. The van der Waals surface area contributed by atoms with Crippen molar-refractivity contribution in [3.63, 3.8) is 0 Å². The van der Waals surface area contributed by atoms with Crippen LogP contribution in [0, 0.1) is 0 Å². The van der Waals surface area contributed by atoms with Crippen molar-refractivity contribution in [3.8, 4) is 11.1 Å². The average Bonchev–Trinajstić information content (AvgIpc) is 2.61. The summed E-state index contributed by atoms with van der Waals surface area (Å²) < 4.78 is 27.2. The number of hydrogen-bond acceptors (Lipinski definition) is 3. The molecule has 0 bridgehead atoms. The lowest BCUT2D eigenvalue weighted by Gasteiger charge is -2.14. The van der Waals surface area contributed by atoms with Gasteiger partial charge in [-0.1, -0.05) is 35.9 Å². The van der Waals surface area contributed by atoms with Crippen LogP contribution in [0.15, 0.2) is 53.4 Å². The Labute approximate surface area is 158 Å². The second kappa shape index (κ2) is 9.14. The van der Waals surface area contributed by atoms with E-state index in [0.29, 0.717) is 18.0 Å². The van der Waals surface area contributed by atoms with E-state index in [1.165, 1.54) is 12.1 Å². The Hall–Kier alpha value is -1.93. The molecule has 8 heteroatoms. The Bertz CT molecular complexity index is 836. The third-order valence-electron chi connectivity index (χ3n) is 3.93. The van der Waals surface area contributed by atoms with Crippen LogP contribution in [0.5, 0.6) is 0 Å². The van der Waals surface area contributed by atoms with E-state index in [1.807, 2.05) is 12.1 Å². The van der Waals surface area contributed by atoms with Gasteiger partial charge in [-0.2, -0.15) is 4.72 Å². The average molecular weight is 398 g/mol. The predicted molar refractivity (Wildman–Crippen MR) is 100 cm³/mol. The van der Waals surface area contributed by atoms with E-state index in [-0.39, 0.29) is 11.3 Å². The highest BCUT2D eigenvalue weighted by molar-refractivity contribution is 7.89. The van der Waals surface area contributed by atoms with Gasteiger partial charge in [0.25, 0.3) is 0 Å². The van der Waals surface area contributed by atoms with Crippen molar-refractivity contribution in [2.24, 2.45) is 0 Å². The maximum absolute atomic E-state index is 12.5. The van der Waals surface area contributed by atoms with Crippen LogP contribution < -0.4 is 10.5 Å². The summed E-state index contributed by atoms with van der Waals surface area (Å²) >= 11 is 5.86. The first kappa shape index (κ1) is 20.4. The monoisotopic (exact) mass is 397 g/mol. The van der Waals surface area contributed by atoms with Crippen molar-refractivity contribution in [2.75, 3.05) is 6.54 Å². The largest absolute Gasteiger partial charge is 0.480 e. The van der Waals surface area contributed by atoms with E-state index in [2.05, 4.69) is 10.5 Å². The molecule has 2 aromatic carbocycles. The molecule has 0 amide bonds. The molecule has 2 rings (SSSR count). The lowest BCUT2D eigenvalue weighted by molar-refractivity contribution is -0.368. The summed E-state index contributed by atoms with van der Waals surface area (Å²) in [4.78, 5) is 11.3. The Morgan fingerprint density at radius 3 is 2.08 bits per heavy atom. The Balaban J connectivity index is 2.14. The number of carbonyl (C=O) groups is 1. The van der Waals surface area contributed by atoms with Gasteiger partial charge >= 0.3 is 5.97 Å². The fourth-order valence-electron chi connectivity index (χ4n) is 2.48. The zero-order chi connectivity index (χ0) is 19.2. The lowest BCUT2D eigenvalue weighted by Crippen LogP contribution is -2.50. The van der Waals surface area contributed by atoms with Crippen molar-refractivity contribution in [1.29, 1.82) is 0 Å². The van der Waals surface area contributed by atoms with Gasteiger partial charge in [-0.15, -0.1) is 0 Å². The number of carboxylic acid groups (broad SMARTS) is 1. The lowest BCUT2D eigenvalue weighted by atomic mass is 10.1. The smallest absolute Gasteiger partial charge is 0.321 e. The molecule has 0 aliphatic rings. The minimum absolute atomic E-state index is 0.0265. The second-order valence-corrected chi connectivity index (χ2v) is 8.04. The van der Waals surface area contributed by atoms with Crippen molar-refractivity contribution >= 4 is 27.6 Å². The summed E-state index contributed by atoms with van der Waals surface area (Å²) in [5.74, 6) is -1.18. The van der Waals surface area contributed by atoms with Crippen LogP contribution in [-0.4, -0.2) is 32.1 Å². The van der Waals surface area contributed by atoms with Gasteiger partial charge in [0.2, 0.25) is 10.0 Å². The first-order valence-electron chi connectivity index (χ1n) is 8.24. The number of sulfonamides is 1. The number of nitrogens with one attached hydrogen (secondary N) is 1. The molecule has 1 atom stereocenters. The molecular weight excluding hydrogens is 376 g/mol. The second-order valence-electron chi connectivity index (χ2n) is 5.89. The van der Waals surface area contributed by atoms with E-state index in [0.717, 1.165) is 17.5 Å². The summed E-state index contributed by atoms with van der Waals surface area (Å²) in [5, 5.41) is 9.87. The predicted octanol–water partition coefficient (Wildman–Crippen LogP) is 2.15. The number of quaternary nitrogens is 1. The third kappa shape index (κ3) is 5.54. The molecule has 6 nitrogen and oxygen atoms in total. The van der Waals surface area contributed by atoms with Gasteiger partial charge in [0, 0.05) is 5.02 Å². The zero-order valence-electron chi connectivity index (χ0n) is 14.2. The van der Waals surface area contributed by atoms with Gasteiger partial charge < -0.3 is 10.8 Å². The molecule has 0 heterocycles. The summed E-state index contributed by atoms with van der Waals surface area (Å²) in [6.07, 6.45) is 1.58. The highest BCUT2D eigenvalue weighted by Gasteiger charge is 2.25. The molecule has 26 heavy (non-hydrogen) atoms. The molecule has 0 aromatic heterocycles. The van der Waals surface area contributed by atoms with Crippen LogP contribution in [0.4, 0.5) is 0 Å². The molecule has 1 unspecified atom stereocenters. The quantitative estimate of drug-likeness (QED) is 0.563.